The van der Waals surface area contributed by atoms with Gasteiger partial charge in [0.15, 0.2) is 11.5 Å². The summed E-state index contributed by atoms with van der Waals surface area (Å²) in [5, 5.41) is 9.42. The molecule has 2 aliphatic heterocycles. The number of allylic oxidation sites excluding steroid dienone is 5. The molecule has 0 saturated carbocycles. The fraction of sp³-hybridized carbons (Fsp3) is 0.436. The van der Waals surface area contributed by atoms with Crippen LogP contribution in [0.3, 0.4) is 0 Å². The Morgan fingerprint density at radius 2 is 1.72 bits per heavy atom. The van der Waals surface area contributed by atoms with Gasteiger partial charge in [0.05, 0.1) is 5.92 Å². The SMILES string of the molecule is C#C.C#CC.C/C=C(\C)SNC(=O)C(/C1=C/N(CC)C/C=C(/C(=O)O)C/C=C\C1)c1ccc2c(c1)OCO2.C=CCCC.CC.CC. The monoisotopic (exact) mass is 666 g/mol. The zero-order chi connectivity index (χ0) is 36.6. The summed E-state index contributed by atoms with van der Waals surface area (Å²) in [5.41, 5.74) is 2.09. The van der Waals surface area contributed by atoms with E-state index < -0.39 is 11.9 Å². The number of hydrogen-bond acceptors (Lipinski definition) is 6. The zero-order valence-corrected chi connectivity index (χ0v) is 30.9. The van der Waals surface area contributed by atoms with Crippen LogP contribution in [0.1, 0.15) is 99.5 Å². The van der Waals surface area contributed by atoms with E-state index in [1.807, 2.05) is 102 Å². The number of carbonyl (C=O) groups excluding carboxylic acids is 1. The van der Waals surface area contributed by atoms with Gasteiger partial charge in [0.1, 0.15) is 0 Å². The van der Waals surface area contributed by atoms with E-state index in [0.29, 0.717) is 43.0 Å². The number of carboxylic acids is 1. The Bertz CT molecular complexity index is 1220. The molecule has 1 amide bonds. The number of carbonyl (C=O) groups is 2. The number of likely N-dealkylation sites (N-methyl/N-ethyl adjacent to an activating group) is 1. The van der Waals surface area contributed by atoms with Gasteiger partial charge in [0.2, 0.25) is 12.7 Å². The maximum absolute atomic E-state index is 13.4. The first-order valence-electron chi connectivity index (χ1n) is 16.1. The summed E-state index contributed by atoms with van der Waals surface area (Å²) in [6, 6.07) is 5.59. The third kappa shape index (κ3) is 19.8. The van der Waals surface area contributed by atoms with E-state index in [4.69, 9.17) is 9.47 Å². The Balaban J connectivity index is -0.00000119. The second-order valence-electron chi connectivity index (χ2n) is 9.09. The molecule has 2 heterocycles. The van der Waals surface area contributed by atoms with Crippen molar-refractivity contribution < 1.29 is 24.2 Å². The molecule has 3 rings (SSSR count). The molecule has 0 aromatic heterocycles. The molecule has 8 heteroatoms. The van der Waals surface area contributed by atoms with E-state index in [1.54, 1.807) is 13.0 Å². The predicted octanol–water partition coefficient (Wildman–Crippen LogP) is 9.67. The van der Waals surface area contributed by atoms with Gasteiger partial charge in [0, 0.05) is 18.7 Å². The maximum Gasteiger partial charge on any atom is 0.331 e. The molecule has 0 saturated heterocycles. The van der Waals surface area contributed by atoms with E-state index in [2.05, 4.69) is 43.4 Å². The minimum atomic E-state index is -0.908. The lowest BCUT2D eigenvalue weighted by molar-refractivity contribution is -0.132. The van der Waals surface area contributed by atoms with Gasteiger partial charge in [-0.25, -0.2) is 4.79 Å². The van der Waals surface area contributed by atoms with E-state index >= 15 is 0 Å². The highest BCUT2D eigenvalue weighted by Crippen LogP contribution is 2.38. The third-order valence-electron chi connectivity index (χ3n) is 6.03. The molecule has 1 atom stereocenters. The highest BCUT2D eigenvalue weighted by molar-refractivity contribution is 8.01. The molecular weight excluding hydrogens is 609 g/mol. The van der Waals surface area contributed by atoms with Crippen molar-refractivity contribution in [1.29, 1.82) is 0 Å². The number of ether oxygens (including phenoxy) is 2. The summed E-state index contributed by atoms with van der Waals surface area (Å²) in [4.78, 5) is 28.0. The number of amides is 1. The number of benzene rings is 1. The summed E-state index contributed by atoms with van der Waals surface area (Å²) >= 11 is 1.30. The molecule has 0 spiro atoms. The van der Waals surface area contributed by atoms with Crippen LogP contribution in [0.25, 0.3) is 0 Å². The van der Waals surface area contributed by atoms with Crippen molar-refractivity contribution in [2.75, 3.05) is 19.9 Å². The van der Waals surface area contributed by atoms with Crippen LogP contribution < -0.4 is 14.2 Å². The highest BCUT2D eigenvalue weighted by atomic mass is 32.2. The van der Waals surface area contributed by atoms with E-state index in [9.17, 15) is 14.7 Å². The Hall–Kier alpha value is -4.27. The molecule has 0 bridgehead atoms. The van der Waals surface area contributed by atoms with Crippen LogP contribution in [0.15, 0.2) is 77.4 Å². The van der Waals surface area contributed by atoms with Gasteiger partial charge >= 0.3 is 5.97 Å². The van der Waals surface area contributed by atoms with Gasteiger partial charge in [-0.2, -0.15) is 0 Å². The molecule has 1 aromatic carbocycles. The summed E-state index contributed by atoms with van der Waals surface area (Å²) in [5.74, 6) is 1.96. The van der Waals surface area contributed by atoms with Crippen molar-refractivity contribution in [3.05, 3.63) is 83.0 Å². The van der Waals surface area contributed by atoms with Gasteiger partial charge in [0.25, 0.3) is 0 Å². The Kier molecular flexibility index (Phi) is 31.8. The smallest absolute Gasteiger partial charge is 0.331 e. The summed E-state index contributed by atoms with van der Waals surface area (Å²) in [6.45, 7) is 22.5. The standard InChI is InChI=1S/C25H30N2O5S.C5H10.C3H4.2C2H6.C2H2/c1-4-17(3)33-26-24(28)23(19-10-11-21-22(14-19)32-16-31-21)20-9-7-6-8-18(25(29)30)12-13-27(5-2)15-20;1-3-5-4-2;1-3-2;3*1-2/h4,6-7,10-12,14-15,23H,5,8-9,13,16H2,1-3H3,(H,26,28)(H,29,30);3H,1,4-5H2,2H3;1H,2H3;2*1-2H3;1-2H/b7-6-,17-4+,18-12+,20-15+;;;;;. The summed E-state index contributed by atoms with van der Waals surface area (Å²) in [7, 11) is 0. The Labute approximate surface area is 290 Å². The van der Waals surface area contributed by atoms with Crippen LogP contribution in [0.2, 0.25) is 0 Å². The number of nitrogens with zero attached hydrogens (tertiary/aromatic N) is 1. The lowest BCUT2D eigenvalue weighted by atomic mass is 9.88. The summed E-state index contributed by atoms with van der Waals surface area (Å²) in [6.07, 6.45) is 27.2. The number of unbranched alkanes of at least 4 members (excludes halogenated alkanes) is 1. The fourth-order valence-electron chi connectivity index (χ4n) is 3.75. The number of aliphatic carboxylic acids is 1. The minimum absolute atomic E-state index is 0.130. The highest BCUT2D eigenvalue weighted by Gasteiger charge is 2.28. The van der Waals surface area contributed by atoms with Crippen LogP contribution >= 0.6 is 11.9 Å². The lowest BCUT2D eigenvalue weighted by Gasteiger charge is -2.25. The Morgan fingerprint density at radius 3 is 2.23 bits per heavy atom. The van der Waals surface area contributed by atoms with Gasteiger partial charge in [-0.15, -0.1) is 31.8 Å². The first-order chi connectivity index (χ1) is 22.8. The molecule has 2 aliphatic rings. The topological polar surface area (TPSA) is 88.1 Å². The van der Waals surface area contributed by atoms with E-state index in [1.165, 1.54) is 18.4 Å². The first kappa shape index (κ1) is 47.1. The average Bonchev–Trinajstić information content (AvgIpc) is 3.58. The van der Waals surface area contributed by atoms with Crippen LogP contribution in [0.5, 0.6) is 11.5 Å². The molecule has 0 aliphatic carbocycles. The van der Waals surface area contributed by atoms with Crippen molar-refractivity contribution in [3.63, 3.8) is 0 Å². The molecule has 47 heavy (non-hydrogen) atoms. The third-order valence-corrected chi connectivity index (χ3v) is 6.90. The van der Waals surface area contributed by atoms with Crippen LogP contribution in [-0.2, 0) is 9.59 Å². The Morgan fingerprint density at radius 1 is 1.13 bits per heavy atom. The van der Waals surface area contributed by atoms with Crippen molar-refractivity contribution >= 4 is 23.8 Å². The molecular formula is C39H58N2O5S. The van der Waals surface area contributed by atoms with Crippen LogP contribution in [0, 0.1) is 25.2 Å². The second-order valence-corrected chi connectivity index (χ2v) is 10.1. The minimum Gasteiger partial charge on any atom is -0.478 e. The molecule has 7 nitrogen and oxygen atoms in total. The predicted molar refractivity (Wildman–Crippen MR) is 202 cm³/mol. The number of hydrogen-bond donors (Lipinski definition) is 2. The normalized spacial score (nSPS) is 16.2. The number of rotatable bonds is 9. The molecule has 260 valence electrons. The number of nitrogens with one attached hydrogen (secondary N) is 1. The maximum atomic E-state index is 13.4. The van der Waals surface area contributed by atoms with E-state index in [0.717, 1.165) is 22.5 Å². The molecule has 0 fully saturated rings. The number of terminal acetylenes is 2. The van der Waals surface area contributed by atoms with Crippen molar-refractivity contribution in [3.8, 4) is 36.7 Å². The zero-order valence-electron chi connectivity index (χ0n) is 30.1. The lowest BCUT2D eigenvalue weighted by Crippen LogP contribution is -2.27. The van der Waals surface area contributed by atoms with E-state index in [-0.39, 0.29) is 12.7 Å². The molecule has 1 aromatic rings. The molecule has 1 unspecified atom stereocenters. The largest absolute Gasteiger partial charge is 0.478 e. The molecule has 2 N–H and O–H groups in total. The van der Waals surface area contributed by atoms with Crippen LogP contribution in [0.4, 0.5) is 0 Å². The van der Waals surface area contributed by atoms with Gasteiger partial charge in [-0.1, -0.05) is 77.5 Å². The summed E-state index contributed by atoms with van der Waals surface area (Å²) < 4.78 is 14.0. The van der Waals surface area contributed by atoms with Gasteiger partial charge in [-0.3, -0.25) is 9.52 Å². The van der Waals surface area contributed by atoms with Gasteiger partial charge in [-0.05, 0) is 93.3 Å². The first-order valence-corrected chi connectivity index (χ1v) is 16.9. The van der Waals surface area contributed by atoms with Crippen LogP contribution in [-0.4, -0.2) is 41.8 Å². The molecule has 0 radical (unpaired) electrons. The number of carboxylic acid groups (broad SMARTS) is 1. The quantitative estimate of drug-likeness (QED) is 0.154. The average molecular weight is 667 g/mol. The fourth-order valence-corrected chi connectivity index (χ4v) is 4.24. The van der Waals surface area contributed by atoms with Crippen molar-refractivity contribution in [2.24, 2.45) is 0 Å². The second kappa shape index (κ2) is 31.7. The van der Waals surface area contributed by atoms with Gasteiger partial charge < -0.3 is 19.5 Å². The number of fused-ring (bicyclic) bond motifs is 1. The van der Waals surface area contributed by atoms with Crippen molar-refractivity contribution in [1.82, 2.24) is 9.62 Å². The van der Waals surface area contributed by atoms with Crippen molar-refractivity contribution in [2.45, 2.75) is 93.9 Å².